The number of H-pyrrole nitrogens is 2. The van der Waals surface area contributed by atoms with Crippen LogP contribution in [0.2, 0.25) is 0 Å². The Hall–Kier alpha value is -6.80. The molecule has 0 saturated heterocycles. The maximum Gasteiger partial charge on any atom is 3.00 e. The van der Waals surface area contributed by atoms with E-state index in [2.05, 4.69) is 58.5 Å². The SMILES string of the molecule is Nc1ccc(-c2c3nc(c(-c4ccc(N)cc4)c4ccc([nH]4)c(-c4ccc(N)cc4)c4nc(c(-c5ccc(N)cc5)c5ccc2[nH]5)C=C4)C=C3)cc1.[Fe+3]. The van der Waals surface area contributed by atoms with E-state index < -0.39 is 0 Å². The summed E-state index contributed by atoms with van der Waals surface area (Å²) in [4.78, 5) is 18.2. The van der Waals surface area contributed by atoms with Gasteiger partial charge >= 0.3 is 17.1 Å². The van der Waals surface area contributed by atoms with Crippen LogP contribution >= 0.6 is 0 Å². The number of anilines is 4. The standard InChI is InChI=1S/C44H34N8.Fe/c45-29-9-1-25(2-10-29)41-33-17-19-35(49-33)42(26-3-11-30(46)12-4-26)37-21-23-39(51-37)44(28-7-15-32(48)16-8-28)40-24-22-38(52-40)43(36-20-18-34(41)50-36)27-5-13-31(47)14-6-27;/h1-24,49,52H,45-48H2;/q;+3. The minimum atomic E-state index is 0. The van der Waals surface area contributed by atoms with Crippen LogP contribution in [0.25, 0.3) is 90.9 Å². The predicted molar refractivity (Wildman–Crippen MR) is 218 cm³/mol. The second-order valence-electron chi connectivity index (χ2n) is 13.0. The van der Waals surface area contributed by atoms with E-state index in [0.29, 0.717) is 22.7 Å². The summed E-state index contributed by atoms with van der Waals surface area (Å²) in [7, 11) is 0. The van der Waals surface area contributed by atoms with Gasteiger partial charge in [0.2, 0.25) is 0 Å². The number of rotatable bonds is 4. The first-order valence-electron chi connectivity index (χ1n) is 17.0. The van der Waals surface area contributed by atoms with Crippen LogP contribution in [0.5, 0.6) is 0 Å². The number of nitrogens with two attached hydrogens (primary N) is 4. The van der Waals surface area contributed by atoms with Crippen LogP contribution in [-0.2, 0) is 17.1 Å². The largest absolute Gasteiger partial charge is 3.00 e. The average Bonchev–Trinajstić information content (AvgIpc) is 3.99. The average molecular weight is 731 g/mol. The van der Waals surface area contributed by atoms with Gasteiger partial charge in [-0.05, 0) is 119 Å². The number of nitrogen functional groups attached to an aromatic ring is 4. The zero-order chi connectivity index (χ0) is 35.3. The normalized spacial score (nSPS) is 11.8. The first-order chi connectivity index (χ1) is 25.4. The molecule has 0 unspecified atom stereocenters. The van der Waals surface area contributed by atoms with Gasteiger partial charge < -0.3 is 32.9 Å². The number of hydrogen-bond acceptors (Lipinski definition) is 6. The second-order valence-corrected chi connectivity index (χ2v) is 13.0. The molecule has 0 aliphatic carbocycles. The van der Waals surface area contributed by atoms with Gasteiger partial charge in [-0.25, -0.2) is 9.97 Å². The summed E-state index contributed by atoms with van der Waals surface area (Å²) < 4.78 is 0. The molecular weight excluding hydrogens is 696 g/mol. The van der Waals surface area contributed by atoms with Crippen molar-refractivity contribution in [3.8, 4) is 44.5 Å². The van der Waals surface area contributed by atoms with Crippen molar-refractivity contribution >= 4 is 69.1 Å². The van der Waals surface area contributed by atoms with E-state index in [1.54, 1.807) is 0 Å². The van der Waals surface area contributed by atoms with Crippen molar-refractivity contribution in [3.63, 3.8) is 0 Å². The van der Waals surface area contributed by atoms with E-state index in [9.17, 15) is 0 Å². The van der Waals surface area contributed by atoms with Gasteiger partial charge in [0.05, 0.1) is 22.8 Å². The van der Waals surface area contributed by atoms with Crippen molar-refractivity contribution in [2.45, 2.75) is 0 Å². The molecule has 9 heteroatoms. The summed E-state index contributed by atoms with van der Waals surface area (Å²) in [5.74, 6) is 0. The fourth-order valence-electron chi connectivity index (χ4n) is 7.02. The smallest absolute Gasteiger partial charge is 0.399 e. The molecule has 53 heavy (non-hydrogen) atoms. The molecule has 1 radical (unpaired) electrons. The van der Waals surface area contributed by atoms with Crippen LogP contribution in [0.3, 0.4) is 0 Å². The van der Waals surface area contributed by atoms with Crippen LogP contribution in [-0.4, -0.2) is 19.9 Å². The van der Waals surface area contributed by atoms with Gasteiger partial charge in [0.1, 0.15) is 0 Å². The van der Waals surface area contributed by atoms with Crippen LogP contribution < -0.4 is 22.9 Å². The Morgan fingerprint density at radius 2 is 0.509 bits per heavy atom. The summed E-state index contributed by atoms with van der Waals surface area (Å²) in [5.41, 5.74) is 41.9. The number of aromatic nitrogens is 4. The van der Waals surface area contributed by atoms with Crippen molar-refractivity contribution in [1.82, 2.24) is 19.9 Å². The van der Waals surface area contributed by atoms with Crippen molar-refractivity contribution < 1.29 is 17.1 Å². The molecule has 7 aromatic rings. The molecule has 3 aromatic heterocycles. The van der Waals surface area contributed by atoms with Gasteiger partial charge in [0, 0.05) is 67.1 Å². The predicted octanol–water partition coefficient (Wildman–Crippen LogP) is 9.65. The zero-order valence-corrected chi connectivity index (χ0v) is 29.5. The molecule has 0 spiro atoms. The molecule has 0 atom stereocenters. The molecule has 255 valence electrons. The third-order valence-corrected chi connectivity index (χ3v) is 9.55. The first kappa shape index (κ1) is 33.3. The molecule has 0 saturated carbocycles. The fraction of sp³-hybridized carbons (Fsp3) is 0. The van der Waals surface area contributed by atoms with Gasteiger partial charge in [0.15, 0.2) is 0 Å². The molecule has 9 rings (SSSR count). The minimum Gasteiger partial charge on any atom is -0.399 e. The van der Waals surface area contributed by atoms with Crippen molar-refractivity contribution in [1.29, 1.82) is 0 Å². The monoisotopic (exact) mass is 730 g/mol. The Kier molecular flexibility index (Phi) is 8.43. The van der Waals surface area contributed by atoms with Crippen LogP contribution in [0.4, 0.5) is 22.7 Å². The van der Waals surface area contributed by atoms with Gasteiger partial charge in [0.25, 0.3) is 0 Å². The summed E-state index contributed by atoms with van der Waals surface area (Å²) >= 11 is 0. The topological polar surface area (TPSA) is 161 Å². The zero-order valence-electron chi connectivity index (χ0n) is 28.4. The fourth-order valence-corrected chi connectivity index (χ4v) is 7.02. The molecule has 0 fully saturated rings. The molecule has 4 aromatic carbocycles. The summed E-state index contributed by atoms with van der Waals surface area (Å²) in [6, 6.07) is 40.0. The maximum atomic E-state index is 6.15. The Labute approximate surface area is 316 Å². The number of fused-ring (bicyclic) bond motifs is 8. The molecule has 8 nitrogen and oxygen atoms in total. The van der Waals surface area contributed by atoms with E-state index in [1.807, 2.05) is 97.1 Å². The molecule has 0 amide bonds. The number of nitrogens with zero attached hydrogens (tertiary/aromatic N) is 2. The molecule has 2 aliphatic rings. The second kappa shape index (κ2) is 13.4. The number of aromatic amines is 2. The molecule has 5 heterocycles. The summed E-state index contributed by atoms with van der Waals surface area (Å²) in [6.07, 6.45) is 8.29. The van der Waals surface area contributed by atoms with Crippen molar-refractivity contribution in [3.05, 3.63) is 144 Å². The molecular formula is C44H34FeN8+3. The van der Waals surface area contributed by atoms with E-state index in [0.717, 1.165) is 89.4 Å². The maximum absolute atomic E-state index is 6.15. The van der Waals surface area contributed by atoms with Gasteiger partial charge in [-0.15, -0.1) is 0 Å². The van der Waals surface area contributed by atoms with Crippen molar-refractivity contribution in [2.24, 2.45) is 0 Å². The Balaban J connectivity index is 0.00000400. The molecule has 10 N–H and O–H groups in total. The van der Waals surface area contributed by atoms with E-state index in [4.69, 9.17) is 32.9 Å². The molecule has 2 aliphatic heterocycles. The Bertz CT molecular complexity index is 2370. The van der Waals surface area contributed by atoms with Gasteiger partial charge in [-0.1, -0.05) is 48.5 Å². The Morgan fingerprint density at radius 1 is 0.302 bits per heavy atom. The van der Waals surface area contributed by atoms with Gasteiger partial charge in [-0.2, -0.15) is 0 Å². The third-order valence-electron chi connectivity index (χ3n) is 9.55. The molecule has 8 bridgehead atoms. The first-order valence-corrected chi connectivity index (χ1v) is 17.0. The third kappa shape index (κ3) is 6.14. The summed E-state index contributed by atoms with van der Waals surface area (Å²) in [5, 5.41) is 0. The quantitative estimate of drug-likeness (QED) is 0.0781. The van der Waals surface area contributed by atoms with Crippen LogP contribution in [0, 0.1) is 0 Å². The van der Waals surface area contributed by atoms with Crippen LogP contribution in [0.15, 0.2) is 121 Å². The summed E-state index contributed by atoms with van der Waals surface area (Å²) in [6.45, 7) is 0. The Morgan fingerprint density at radius 3 is 0.717 bits per heavy atom. The van der Waals surface area contributed by atoms with Gasteiger partial charge in [-0.3, -0.25) is 0 Å². The van der Waals surface area contributed by atoms with E-state index >= 15 is 0 Å². The van der Waals surface area contributed by atoms with E-state index in [-0.39, 0.29) is 17.1 Å². The number of hydrogen-bond donors (Lipinski definition) is 6. The van der Waals surface area contributed by atoms with Crippen molar-refractivity contribution in [2.75, 3.05) is 22.9 Å². The minimum absolute atomic E-state index is 0. The van der Waals surface area contributed by atoms with Crippen LogP contribution in [0.1, 0.15) is 22.8 Å². The number of nitrogens with one attached hydrogen (secondary N) is 2. The number of benzene rings is 4. The van der Waals surface area contributed by atoms with E-state index in [1.165, 1.54) is 0 Å².